The molecule has 2 fully saturated rings. The van der Waals surface area contributed by atoms with Gasteiger partial charge in [0.25, 0.3) is 11.8 Å². The lowest BCUT2D eigenvalue weighted by molar-refractivity contribution is -0.136. The van der Waals surface area contributed by atoms with Crippen molar-refractivity contribution in [1.29, 1.82) is 0 Å². The third-order valence-electron chi connectivity index (χ3n) is 8.07. The second-order valence-corrected chi connectivity index (χ2v) is 11.5. The first-order valence-corrected chi connectivity index (χ1v) is 15.1. The molecule has 5 rings (SSSR count). The molecule has 1 saturated carbocycles. The standard InChI is InChI=1S/C30H37IN4O5/c1-2-23(20-10-5-3-6-11-20)32-25-26(30(39)34(29(25)38)21-12-7-4-8-13-21)35(31)24-15-9-14-22(27(24)36)28(37)33-16-18-40-19-17-33/h3,5-6,9-11,14-15,21,23,29,32,36,38H,2,4,7-8,12-13,16-19H2,1H3/t23-,29?/m1/s1. The maximum absolute atomic E-state index is 14.1. The van der Waals surface area contributed by atoms with Crippen LogP contribution in [-0.4, -0.2) is 70.4 Å². The molecule has 1 aliphatic carbocycles. The lowest BCUT2D eigenvalue weighted by Gasteiger charge is -2.34. The Morgan fingerprint density at radius 1 is 1.10 bits per heavy atom. The van der Waals surface area contributed by atoms with Crippen molar-refractivity contribution in [1.82, 2.24) is 15.1 Å². The van der Waals surface area contributed by atoms with Crippen molar-refractivity contribution in [2.24, 2.45) is 0 Å². The van der Waals surface area contributed by atoms with E-state index < -0.39 is 6.23 Å². The number of halogens is 1. The quantitative estimate of drug-likeness (QED) is 0.284. The van der Waals surface area contributed by atoms with E-state index in [0.717, 1.165) is 44.1 Å². The van der Waals surface area contributed by atoms with Crippen LogP contribution in [0.3, 0.4) is 0 Å². The van der Waals surface area contributed by atoms with Crippen LogP contribution >= 0.6 is 22.9 Å². The zero-order valence-corrected chi connectivity index (χ0v) is 24.9. The Hall–Kier alpha value is -2.83. The predicted molar refractivity (Wildman–Crippen MR) is 161 cm³/mol. The van der Waals surface area contributed by atoms with Gasteiger partial charge in [0.15, 0.2) is 12.0 Å². The Labute approximate surface area is 249 Å². The smallest absolute Gasteiger partial charge is 0.275 e. The first kappa shape index (κ1) is 28.7. The van der Waals surface area contributed by atoms with Crippen molar-refractivity contribution < 1.29 is 24.5 Å². The van der Waals surface area contributed by atoms with Crippen LogP contribution in [0.15, 0.2) is 59.9 Å². The largest absolute Gasteiger partial charge is 0.505 e. The number of carbonyl (C=O) groups excluding carboxylic acids is 2. The highest BCUT2D eigenvalue weighted by Gasteiger charge is 2.45. The average Bonchev–Trinajstić information content (AvgIpc) is 3.24. The average molecular weight is 661 g/mol. The van der Waals surface area contributed by atoms with E-state index >= 15 is 0 Å². The lowest BCUT2D eigenvalue weighted by Crippen LogP contribution is -2.46. The summed E-state index contributed by atoms with van der Waals surface area (Å²) in [7, 11) is 0. The van der Waals surface area contributed by atoms with Crippen molar-refractivity contribution in [3.8, 4) is 5.75 Å². The van der Waals surface area contributed by atoms with Crippen LogP contribution < -0.4 is 8.43 Å². The molecule has 2 heterocycles. The molecule has 2 aliphatic heterocycles. The molecule has 40 heavy (non-hydrogen) atoms. The predicted octanol–water partition coefficient (Wildman–Crippen LogP) is 4.47. The maximum atomic E-state index is 14.1. The summed E-state index contributed by atoms with van der Waals surface area (Å²) in [5.41, 5.74) is 2.20. The minimum absolute atomic E-state index is 0.0602. The number of nitrogens with zero attached hydrogens (tertiary/aromatic N) is 3. The van der Waals surface area contributed by atoms with E-state index in [1.54, 1.807) is 31.1 Å². The summed E-state index contributed by atoms with van der Waals surface area (Å²) in [6, 6.07) is 14.7. The monoisotopic (exact) mass is 660 g/mol. The summed E-state index contributed by atoms with van der Waals surface area (Å²) in [6.45, 7) is 3.87. The molecule has 2 aromatic carbocycles. The number of amides is 2. The third kappa shape index (κ3) is 5.66. The second-order valence-electron chi connectivity index (χ2n) is 10.5. The van der Waals surface area contributed by atoms with Gasteiger partial charge in [0.1, 0.15) is 5.70 Å². The van der Waals surface area contributed by atoms with E-state index in [-0.39, 0.29) is 40.9 Å². The highest BCUT2D eigenvalue weighted by Crippen LogP contribution is 2.41. The normalized spacial score (nSPS) is 21.1. The number of benzene rings is 2. The van der Waals surface area contributed by atoms with Gasteiger partial charge < -0.3 is 30.1 Å². The van der Waals surface area contributed by atoms with Crippen molar-refractivity contribution in [2.45, 2.75) is 63.8 Å². The zero-order valence-electron chi connectivity index (χ0n) is 22.8. The van der Waals surface area contributed by atoms with Gasteiger partial charge in [-0.25, -0.2) is 0 Å². The Bertz CT molecular complexity index is 1240. The Morgan fingerprint density at radius 2 is 1.80 bits per heavy atom. The van der Waals surface area contributed by atoms with Gasteiger partial charge >= 0.3 is 0 Å². The highest BCUT2D eigenvalue weighted by atomic mass is 127. The fourth-order valence-electron chi connectivity index (χ4n) is 5.88. The molecule has 1 unspecified atom stereocenters. The molecule has 9 nitrogen and oxygen atoms in total. The van der Waals surface area contributed by atoms with Crippen molar-refractivity contribution in [3.05, 3.63) is 71.1 Å². The summed E-state index contributed by atoms with van der Waals surface area (Å²) in [4.78, 5) is 30.6. The number of aliphatic hydroxyl groups excluding tert-OH is 1. The number of aliphatic hydroxyl groups is 1. The third-order valence-corrected chi connectivity index (χ3v) is 9.08. The molecule has 2 amide bonds. The highest BCUT2D eigenvalue weighted by molar-refractivity contribution is 14.1. The van der Waals surface area contributed by atoms with Crippen LogP contribution in [0.5, 0.6) is 5.75 Å². The van der Waals surface area contributed by atoms with Gasteiger partial charge in [-0.3, -0.25) is 12.7 Å². The molecular weight excluding hydrogens is 623 g/mol. The van der Waals surface area contributed by atoms with Crippen molar-refractivity contribution in [2.75, 3.05) is 29.4 Å². The molecule has 3 aliphatic rings. The van der Waals surface area contributed by atoms with Crippen LogP contribution in [0, 0.1) is 0 Å². The van der Waals surface area contributed by atoms with Gasteiger partial charge in [-0.05, 0) is 37.0 Å². The van der Waals surface area contributed by atoms with E-state index in [2.05, 4.69) is 12.2 Å². The second kappa shape index (κ2) is 12.8. The van der Waals surface area contributed by atoms with Gasteiger partial charge in [-0.2, -0.15) is 0 Å². The van der Waals surface area contributed by atoms with Crippen LogP contribution in [-0.2, 0) is 9.53 Å². The number of anilines is 1. The number of rotatable bonds is 8. The summed E-state index contributed by atoms with van der Waals surface area (Å²) >= 11 is 2.00. The molecule has 2 aromatic rings. The summed E-state index contributed by atoms with van der Waals surface area (Å²) in [5, 5.41) is 26.4. The number of morpholine rings is 1. The number of phenolic OH excluding ortho intramolecular Hbond substituents is 1. The Balaban J connectivity index is 1.52. The lowest BCUT2D eigenvalue weighted by atomic mass is 9.94. The molecule has 214 valence electrons. The van der Waals surface area contributed by atoms with E-state index in [1.807, 2.05) is 53.2 Å². The van der Waals surface area contributed by atoms with Gasteiger partial charge in [0.05, 0.1) is 59.1 Å². The summed E-state index contributed by atoms with van der Waals surface area (Å²) in [5.74, 6) is -0.770. The number of aromatic hydroxyl groups is 1. The fraction of sp³-hybridized carbons (Fsp3) is 0.467. The van der Waals surface area contributed by atoms with E-state index in [0.29, 0.717) is 37.7 Å². The number of hydrogen-bond donors (Lipinski definition) is 3. The van der Waals surface area contributed by atoms with Crippen molar-refractivity contribution in [3.63, 3.8) is 0 Å². The topological polar surface area (TPSA) is 106 Å². The number of nitrogens with one attached hydrogen (secondary N) is 1. The van der Waals surface area contributed by atoms with Crippen LogP contribution in [0.1, 0.15) is 67.4 Å². The maximum Gasteiger partial charge on any atom is 0.275 e. The number of hydrogen-bond acceptors (Lipinski definition) is 7. The first-order valence-electron chi connectivity index (χ1n) is 14.1. The Kier molecular flexibility index (Phi) is 9.17. The Morgan fingerprint density at radius 3 is 2.48 bits per heavy atom. The van der Waals surface area contributed by atoms with Crippen LogP contribution in [0.2, 0.25) is 0 Å². The van der Waals surface area contributed by atoms with Gasteiger partial charge in [0.2, 0.25) is 0 Å². The number of para-hydroxylation sites is 1. The molecule has 10 heteroatoms. The van der Waals surface area contributed by atoms with E-state index in [1.165, 1.54) is 0 Å². The van der Waals surface area contributed by atoms with Crippen molar-refractivity contribution >= 4 is 40.4 Å². The molecule has 3 N–H and O–H groups in total. The first-order chi connectivity index (χ1) is 19.4. The molecule has 0 radical (unpaired) electrons. The minimum Gasteiger partial charge on any atom is -0.505 e. The molecule has 0 bridgehead atoms. The fourth-order valence-corrected chi connectivity index (χ4v) is 6.74. The van der Waals surface area contributed by atoms with Gasteiger partial charge in [0, 0.05) is 19.1 Å². The molecule has 0 aromatic heterocycles. The van der Waals surface area contributed by atoms with Gasteiger partial charge in [-0.1, -0.05) is 62.6 Å². The minimum atomic E-state index is -1.14. The SMILES string of the molecule is CC[C@@H](NC1=C(N(I)c2cccc(C(=O)N3CCOCC3)c2O)C(=O)N(C2CCCCC2)C1O)c1ccccc1. The van der Waals surface area contributed by atoms with Gasteiger partial charge in [-0.15, -0.1) is 0 Å². The molecular formula is C30H37IN4O5. The van der Waals surface area contributed by atoms with E-state index in [9.17, 15) is 19.8 Å². The summed E-state index contributed by atoms with van der Waals surface area (Å²) < 4.78 is 6.95. The number of phenols is 1. The summed E-state index contributed by atoms with van der Waals surface area (Å²) in [6.07, 6.45) is 4.44. The number of ether oxygens (including phenoxy) is 1. The molecule has 2 atom stereocenters. The number of carbonyl (C=O) groups is 2. The molecule has 0 spiro atoms. The van der Waals surface area contributed by atoms with Crippen LogP contribution in [0.4, 0.5) is 5.69 Å². The molecule has 1 saturated heterocycles. The van der Waals surface area contributed by atoms with E-state index in [4.69, 9.17) is 4.74 Å². The zero-order chi connectivity index (χ0) is 28.2. The van der Waals surface area contributed by atoms with Crippen LogP contribution in [0.25, 0.3) is 0 Å².